The number of aromatic nitrogens is 3. The third kappa shape index (κ3) is 1.42. The Labute approximate surface area is 91.3 Å². The fraction of sp³-hybridized carbons (Fsp3) is 0.500. The quantitative estimate of drug-likeness (QED) is 0.792. The van der Waals surface area contributed by atoms with Gasteiger partial charge in [-0.05, 0) is 12.8 Å². The van der Waals surface area contributed by atoms with Crippen LogP contribution in [0.25, 0.3) is 10.3 Å². The molecule has 15 heavy (non-hydrogen) atoms. The fourth-order valence-corrected chi connectivity index (χ4v) is 2.37. The second kappa shape index (κ2) is 3.21. The lowest BCUT2D eigenvalue weighted by Crippen LogP contribution is -2.17. The summed E-state index contributed by atoms with van der Waals surface area (Å²) in [5, 5.41) is 0. The van der Waals surface area contributed by atoms with Crippen LogP contribution in [0.2, 0.25) is 0 Å². The largest absolute Gasteiger partial charge is 0.384 e. The predicted molar refractivity (Wildman–Crippen MR) is 58.0 cm³/mol. The summed E-state index contributed by atoms with van der Waals surface area (Å²) in [7, 11) is 1.72. The van der Waals surface area contributed by atoms with Crippen molar-refractivity contribution in [2.45, 2.75) is 18.3 Å². The summed E-state index contributed by atoms with van der Waals surface area (Å²) in [4.78, 5) is 13.1. The summed E-state index contributed by atoms with van der Waals surface area (Å²) < 4.78 is 6.27. The monoisotopic (exact) mass is 221 g/mol. The zero-order chi connectivity index (χ0) is 10.3. The molecular weight excluding hydrogens is 210 g/mol. The number of nitrogens with zero attached hydrogens (tertiary/aromatic N) is 3. The highest BCUT2D eigenvalue weighted by molar-refractivity contribution is 7.16. The molecule has 3 rings (SSSR count). The Morgan fingerprint density at radius 2 is 2.33 bits per heavy atom. The summed E-state index contributed by atoms with van der Waals surface area (Å²) in [6, 6.07) is 0. The standard InChI is InChI=1S/C10H11N3OS/c1-14-5-10(2-3-10)9-11-4-7-8(13-9)12-6-15-7/h4,6H,2-3,5H2,1H3. The van der Waals surface area contributed by atoms with E-state index in [0.717, 1.165) is 29.0 Å². The van der Waals surface area contributed by atoms with E-state index >= 15 is 0 Å². The van der Waals surface area contributed by atoms with E-state index in [2.05, 4.69) is 15.0 Å². The van der Waals surface area contributed by atoms with Gasteiger partial charge in [0, 0.05) is 7.11 Å². The number of fused-ring (bicyclic) bond motifs is 1. The normalized spacial score (nSPS) is 18.2. The van der Waals surface area contributed by atoms with Crippen molar-refractivity contribution in [2.24, 2.45) is 0 Å². The van der Waals surface area contributed by atoms with Gasteiger partial charge in [-0.2, -0.15) is 0 Å². The van der Waals surface area contributed by atoms with Gasteiger partial charge in [0.1, 0.15) is 5.82 Å². The lowest BCUT2D eigenvalue weighted by molar-refractivity contribution is 0.168. The van der Waals surface area contributed by atoms with E-state index in [9.17, 15) is 0 Å². The topological polar surface area (TPSA) is 47.9 Å². The predicted octanol–water partition coefficient (Wildman–Crippen LogP) is 1.76. The summed E-state index contributed by atoms with van der Waals surface area (Å²) in [6.07, 6.45) is 4.11. The van der Waals surface area contributed by atoms with Crippen LogP contribution in [0.1, 0.15) is 18.7 Å². The summed E-state index contributed by atoms with van der Waals surface area (Å²) in [5.41, 5.74) is 2.69. The average molecular weight is 221 g/mol. The number of hydrogen-bond acceptors (Lipinski definition) is 5. The van der Waals surface area contributed by atoms with E-state index in [0.29, 0.717) is 6.61 Å². The Balaban J connectivity index is 2.04. The maximum absolute atomic E-state index is 5.22. The van der Waals surface area contributed by atoms with Crippen LogP contribution < -0.4 is 0 Å². The number of ether oxygens (including phenoxy) is 1. The third-order valence-electron chi connectivity index (χ3n) is 2.84. The molecule has 0 atom stereocenters. The van der Waals surface area contributed by atoms with Crippen molar-refractivity contribution in [3.05, 3.63) is 17.5 Å². The number of methoxy groups -OCH3 is 1. The Morgan fingerprint density at radius 1 is 1.47 bits per heavy atom. The Morgan fingerprint density at radius 3 is 3.07 bits per heavy atom. The van der Waals surface area contributed by atoms with Crippen molar-refractivity contribution < 1.29 is 4.74 Å². The zero-order valence-corrected chi connectivity index (χ0v) is 9.25. The van der Waals surface area contributed by atoms with Crippen LogP contribution in [0.4, 0.5) is 0 Å². The Hall–Kier alpha value is -1.07. The number of rotatable bonds is 3. The van der Waals surface area contributed by atoms with Crippen molar-refractivity contribution in [1.29, 1.82) is 0 Å². The maximum atomic E-state index is 5.22. The molecule has 0 N–H and O–H groups in total. The minimum absolute atomic E-state index is 0.0759. The van der Waals surface area contributed by atoms with Gasteiger partial charge in [0.25, 0.3) is 0 Å². The molecular formula is C10H11N3OS. The molecule has 0 unspecified atom stereocenters. The lowest BCUT2D eigenvalue weighted by Gasteiger charge is -2.11. The van der Waals surface area contributed by atoms with Gasteiger partial charge in [0.2, 0.25) is 0 Å². The molecule has 2 aromatic rings. The molecule has 5 heteroatoms. The van der Waals surface area contributed by atoms with E-state index in [1.54, 1.807) is 24.0 Å². The molecule has 1 fully saturated rings. The van der Waals surface area contributed by atoms with Crippen LogP contribution in [0, 0.1) is 0 Å². The van der Waals surface area contributed by atoms with Crippen molar-refractivity contribution >= 4 is 21.7 Å². The van der Waals surface area contributed by atoms with Gasteiger partial charge in [-0.15, -0.1) is 11.3 Å². The molecule has 0 amide bonds. The highest BCUT2D eigenvalue weighted by Crippen LogP contribution is 2.46. The lowest BCUT2D eigenvalue weighted by atomic mass is 10.1. The average Bonchev–Trinajstić information content (AvgIpc) is 2.89. The first-order valence-electron chi connectivity index (χ1n) is 4.90. The molecule has 4 nitrogen and oxygen atoms in total. The molecule has 0 saturated heterocycles. The first-order chi connectivity index (χ1) is 7.34. The van der Waals surface area contributed by atoms with Crippen LogP contribution in [-0.2, 0) is 10.2 Å². The third-order valence-corrected chi connectivity index (χ3v) is 3.59. The summed E-state index contributed by atoms with van der Waals surface area (Å²) >= 11 is 1.57. The molecule has 0 aliphatic heterocycles. The molecule has 1 saturated carbocycles. The van der Waals surface area contributed by atoms with E-state index in [1.807, 2.05) is 6.20 Å². The minimum atomic E-state index is 0.0759. The van der Waals surface area contributed by atoms with Gasteiger partial charge in [-0.1, -0.05) is 0 Å². The molecule has 1 aliphatic rings. The van der Waals surface area contributed by atoms with Crippen LogP contribution >= 0.6 is 11.3 Å². The SMILES string of the molecule is COCC1(c2ncc3scnc3n2)CC1. The number of thiazole rings is 1. The molecule has 78 valence electrons. The van der Waals surface area contributed by atoms with Crippen LogP contribution in [0.5, 0.6) is 0 Å². The smallest absolute Gasteiger partial charge is 0.173 e. The van der Waals surface area contributed by atoms with E-state index in [4.69, 9.17) is 4.74 Å². The molecule has 1 aliphatic carbocycles. The second-order valence-corrected chi connectivity index (χ2v) is 4.83. The van der Waals surface area contributed by atoms with E-state index in [-0.39, 0.29) is 5.41 Å². The second-order valence-electron chi connectivity index (χ2n) is 3.95. The van der Waals surface area contributed by atoms with Crippen LogP contribution in [-0.4, -0.2) is 28.7 Å². The molecule has 0 aromatic carbocycles. The molecule has 2 heterocycles. The summed E-state index contributed by atoms with van der Waals surface area (Å²) in [5.74, 6) is 0.891. The first kappa shape index (κ1) is 9.18. The Kier molecular flexibility index (Phi) is 1.97. The van der Waals surface area contributed by atoms with Gasteiger partial charge < -0.3 is 4.74 Å². The summed E-state index contributed by atoms with van der Waals surface area (Å²) in [6.45, 7) is 0.711. The minimum Gasteiger partial charge on any atom is -0.384 e. The van der Waals surface area contributed by atoms with Crippen molar-refractivity contribution in [3.63, 3.8) is 0 Å². The van der Waals surface area contributed by atoms with E-state index in [1.165, 1.54) is 0 Å². The zero-order valence-electron chi connectivity index (χ0n) is 8.43. The van der Waals surface area contributed by atoms with Gasteiger partial charge in [0.05, 0.1) is 28.4 Å². The van der Waals surface area contributed by atoms with Gasteiger partial charge in [-0.3, -0.25) is 0 Å². The highest BCUT2D eigenvalue weighted by Gasteiger charge is 2.47. The molecule has 0 bridgehead atoms. The van der Waals surface area contributed by atoms with Crippen molar-refractivity contribution in [2.75, 3.05) is 13.7 Å². The maximum Gasteiger partial charge on any atom is 0.173 e. The van der Waals surface area contributed by atoms with Crippen molar-refractivity contribution in [3.8, 4) is 0 Å². The van der Waals surface area contributed by atoms with Gasteiger partial charge in [-0.25, -0.2) is 15.0 Å². The van der Waals surface area contributed by atoms with Crippen molar-refractivity contribution in [1.82, 2.24) is 15.0 Å². The Bertz CT molecular complexity index is 492. The molecule has 0 spiro atoms. The molecule has 2 aromatic heterocycles. The molecule has 0 radical (unpaired) electrons. The first-order valence-corrected chi connectivity index (χ1v) is 5.78. The van der Waals surface area contributed by atoms with Gasteiger partial charge >= 0.3 is 0 Å². The van der Waals surface area contributed by atoms with Crippen LogP contribution in [0.3, 0.4) is 0 Å². The number of hydrogen-bond donors (Lipinski definition) is 0. The highest BCUT2D eigenvalue weighted by atomic mass is 32.1. The van der Waals surface area contributed by atoms with Crippen LogP contribution in [0.15, 0.2) is 11.7 Å². The van der Waals surface area contributed by atoms with E-state index < -0.39 is 0 Å². The fourth-order valence-electron chi connectivity index (χ4n) is 1.79. The van der Waals surface area contributed by atoms with Gasteiger partial charge in [0.15, 0.2) is 5.65 Å².